The monoisotopic (exact) mass is 636 g/mol. The van der Waals surface area contributed by atoms with Crippen LogP contribution >= 0.6 is 11.3 Å². The molecule has 1 aliphatic rings. The minimum absolute atomic E-state index is 0.284. The highest BCUT2D eigenvalue weighted by molar-refractivity contribution is 7.09. The number of rotatable bonds is 15. The fraction of sp³-hybridized carbons (Fsp3) is 0.289. The first-order valence-electron chi connectivity index (χ1n) is 15.6. The zero-order valence-corrected chi connectivity index (χ0v) is 26.5. The Labute approximate surface area is 274 Å². The molecule has 1 saturated heterocycles. The highest BCUT2D eigenvalue weighted by Gasteiger charge is 2.50. The van der Waals surface area contributed by atoms with E-state index in [0.29, 0.717) is 26.4 Å². The van der Waals surface area contributed by atoms with E-state index in [4.69, 9.17) is 29.4 Å². The van der Waals surface area contributed by atoms with Crippen LogP contribution in [0, 0.1) is 0 Å². The van der Waals surface area contributed by atoms with Gasteiger partial charge in [0.1, 0.15) is 35.5 Å². The van der Waals surface area contributed by atoms with Crippen LogP contribution in [0.25, 0.3) is 0 Å². The average Bonchev–Trinajstić information content (AvgIpc) is 3.66. The Kier molecular flexibility index (Phi) is 11.7. The summed E-state index contributed by atoms with van der Waals surface area (Å²) in [6.45, 7) is 1.84. The molecule has 0 bridgehead atoms. The minimum Gasteiger partial charge on any atom is -0.374 e. The van der Waals surface area contributed by atoms with Crippen LogP contribution in [0.1, 0.15) is 33.3 Å². The van der Waals surface area contributed by atoms with E-state index in [9.17, 15) is 0 Å². The molecule has 8 heteroatoms. The van der Waals surface area contributed by atoms with Gasteiger partial charge in [0, 0.05) is 11.6 Å². The van der Waals surface area contributed by atoms with Gasteiger partial charge in [0.2, 0.25) is 0 Å². The number of thiazole rings is 1. The summed E-state index contributed by atoms with van der Waals surface area (Å²) in [5.74, 6) is 0. The molecule has 1 aromatic heterocycles. The Balaban J connectivity index is 1.32. The van der Waals surface area contributed by atoms with Crippen LogP contribution in [0.5, 0.6) is 0 Å². The van der Waals surface area contributed by atoms with Crippen molar-refractivity contribution in [2.24, 2.45) is 5.73 Å². The van der Waals surface area contributed by atoms with Gasteiger partial charge in [-0.2, -0.15) is 0 Å². The third-order valence-electron chi connectivity index (χ3n) is 8.01. The maximum Gasteiger partial charge on any atom is 0.115 e. The number of nitrogens with two attached hydrogens (primary N) is 1. The molecule has 6 rings (SSSR count). The molecule has 0 radical (unpaired) electrons. The fourth-order valence-electron chi connectivity index (χ4n) is 5.65. The van der Waals surface area contributed by atoms with Crippen molar-refractivity contribution < 1.29 is 23.7 Å². The van der Waals surface area contributed by atoms with Crippen molar-refractivity contribution in [3.05, 3.63) is 160 Å². The summed E-state index contributed by atoms with van der Waals surface area (Å²) in [6.07, 6.45) is -0.895. The number of aromatic nitrogens is 1. The van der Waals surface area contributed by atoms with E-state index in [1.807, 2.05) is 102 Å². The van der Waals surface area contributed by atoms with Gasteiger partial charge in [0.25, 0.3) is 0 Å². The van der Waals surface area contributed by atoms with Crippen molar-refractivity contribution in [1.82, 2.24) is 4.98 Å². The van der Waals surface area contributed by atoms with Crippen LogP contribution in [0.2, 0.25) is 0 Å². The first kappa shape index (κ1) is 32.2. The summed E-state index contributed by atoms with van der Waals surface area (Å²) in [5, 5.41) is 2.70. The summed E-state index contributed by atoms with van der Waals surface area (Å²) in [7, 11) is 0. The minimum atomic E-state index is -0.572. The second-order valence-corrected chi connectivity index (χ2v) is 12.2. The van der Waals surface area contributed by atoms with E-state index < -0.39 is 36.6 Å². The van der Waals surface area contributed by atoms with E-state index in [0.717, 1.165) is 27.3 Å². The smallest absolute Gasteiger partial charge is 0.115 e. The first-order valence-corrected chi connectivity index (χ1v) is 16.5. The highest BCUT2D eigenvalue weighted by atomic mass is 32.1. The van der Waals surface area contributed by atoms with Gasteiger partial charge in [-0.05, 0) is 22.3 Å². The quantitative estimate of drug-likeness (QED) is 0.134. The molecule has 0 spiro atoms. The Hall–Kier alpha value is -3.73. The lowest BCUT2D eigenvalue weighted by atomic mass is 9.90. The normalized spacial score (nSPS) is 22.0. The molecular formula is C38H40N2O5S. The molecule has 6 atom stereocenters. The van der Waals surface area contributed by atoms with E-state index in [-0.39, 0.29) is 6.61 Å². The van der Waals surface area contributed by atoms with Crippen molar-refractivity contribution in [2.45, 2.75) is 63.0 Å². The van der Waals surface area contributed by atoms with E-state index >= 15 is 0 Å². The summed E-state index contributed by atoms with van der Waals surface area (Å²) in [4.78, 5) is 4.54. The number of hydrogen-bond acceptors (Lipinski definition) is 8. The predicted octanol–water partition coefficient (Wildman–Crippen LogP) is 6.88. The number of ether oxygens (including phenoxy) is 5. The summed E-state index contributed by atoms with van der Waals surface area (Å²) in [5.41, 5.74) is 11.2. The molecular weight excluding hydrogens is 596 g/mol. The van der Waals surface area contributed by atoms with Crippen LogP contribution in [-0.4, -0.2) is 42.1 Å². The standard InChI is InChI=1S/C38H40N2O5S/c39-33(38-40-21-22-46-38)35-37(44-26-31-19-11-4-12-20-31)36(43-25-30-17-9-3-10-18-30)34(42-24-29-15-7-2-8-16-29)32(45-35)27-41-23-28-13-5-1-6-14-28/h1-22,32-37H,23-27,39H2/t32-,33-,34+,35+,36+,37+/m1/s1. The number of benzene rings is 4. The van der Waals surface area contributed by atoms with Gasteiger partial charge in [-0.3, -0.25) is 0 Å². The van der Waals surface area contributed by atoms with Gasteiger partial charge < -0.3 is 29.4 Å². The maximum absolute atomic E-state index is 6.94. The SMILES string of the molecule is N[C@@H](c1nccs1)[C@@H]1O[C@H](COCc2ccccc2)[C@H](OCc2ccccc2)[C@H](OCc2ccccc2)[C@H]1OCc1ccccc1. The molecule has 0 saturated carbocycles. The molecule has 0 aliphatic carbocycles. The predicted molar refractivity (Wildman–Crippen MR) is 179 cm³/mol. The maximum atomic E-state index is 6.94. The van der Waals surface area contributed by atoms with Gasteiger partial charge in [0.15, 0.2) is 0 Å². The second-order valence-electron chi connectivity index (χ2n) is 11.3. The molecule has 1 fully saturated rings. The van der Waals surface area contributed by atoms with Crippen molar-refractivity contribution in [2.75, 3.05) is 6.61 Å². The lowest BCUT2D eigenvalue weighted by molar-refractivity contribution is -0.276. The van der Waals surface area contributed by atoms with E-state index in [1.165, 1.54) is 11.3 Å². The lowest BCUT2D eigenvalue weighted by Gasteiger charge is -2.47. The second kappa shape index (κ2) is 16.7. The molecule has 0 unspecified atom stereocenters. The Bertz CT molecular complexity index is 1540. The van der Waals surface area contributed by atoms with Gasteiger partial charge in [-0.1, -0.05) is 121 Å². The Morgan fingerprint density at radius 1 is 0.609 bits per heavy atom. The fourth-order valence-corrected chi connectivity index (χ4v) is 6.33. The van der Waals surface area contributed by atoms with Crippen LogP contribution in [-0.2, 0) is 50.1 Å². The van der Waals surface area contributed by atoms with Gasteiger partial charge in [-0.15, -0.1) is 11.3 Å². The van der Waals surface area contributed by atoms with E-state index in [2.05, 4.69) is 29.2 Å². The number of hydrogen-bond donors (Lipinski definition) is 1. The Morgan fingerprint density at radius 2 is 1.07 bits per heavy atom. The highest BCUT2D eigenvalue weighted by Crippen LogP contribution is 2.36. The topological polar surface area (TPSA) is 85.1 Å². The zero-order chi connectivity index (χ0) is 31.4. The molecule has 46 heavy (non-hydrogen) atoms. The lowest BCUT2D eigenvalue weighted by Crippen LogP contribution is -2.63. The molecule has 238 valence electrons. The largest absolute Gasteiger partial charge is 0.374 e. The first-order chi connectivity index (χ1) is 22.7. The van der Waals surface area contributed by atoms with Crippen molar-refractivity contribution in [3.8, 4) is 0 Å². The van der Waals surface area contributed by atoms with Crippen molar-refractivity contribution in [3.63, 3.8) is 0 Å². The third-order valence-corrected chi connectivity index (χ3v) is 8.89. The molecule has 4 aromatic carbocycles. The van der Waals surface area contributed by atoms with Crippen LogP contribution in [0.15, 0.2) is 133 Å². The molecule has 2 heterocycles. The summed E-state index contributed by atoms with van der Waals surface area (Å²) in [6, 6.07) is 39.9. The van der Waals surface area contributed by atoms with Gasteiger partial charge in [-0.25, -0.2) is 4.98 Å². The summed E-state index contributed by atoms with van der Waals surface area (Å²) >= 11 is 1.50. The molecule has 1 aliphatic heterocycles. The molecule has 7 nitrogen and oxygen atoms in total. The molecule has 0 amide bonds. The zero-order valence-electron chi connectivity index (χ0n) is 25.7. The van der Waals surface area contributed by atoms with Crippen LogP contribution in [0.4, 0.5) is 0 Å². The van der Waals surface area contributed by atoms with E-state index in [1.54, 1.807) is 6.20 Å². The Morgan fingerprint density at radius 3 is 1.54 bits per heavy atom. The average molecular weight is 637 g/mol. The van der Waals surface area contributed by atoms with Gasteiger partial charge in [0.05, 0.1) is 39.1 Å². The molecule has 2 N–H and O–H groups in total. The van der Waals surface area contributed by atoms with Crippen molar-refractivity contribution >= 4 is 11.3 Å². The van der Waals surface area contributed by atoms with Crippen LogP contribution < -0.4 is 5.73 Å². The third kappa shape index (κ3) is 8.74. The van der Waals surface area contributed by atoms with Crippen LogP contribution in [0.3, 0.4) is 0 Å². The summed E-state index contributed by atoms with van der Waals surface area (Å²) < 4.78 is 33.4. The molecule has 5 aromatic rings. The van der Waals surface area contributed by atoms with Gasteiger partial charge >= 0.3 is 0 Å². The van der Waals surface area contributed by atoms with Crippen molar-refractivity contribution in [1.29, 1.82) is 0 Å². The number of nitrogens with zero attached hydrogens (tertiary/aromatic N) is 1.